The highest BCUT2D eigenvalue weighted by Crippen LogP contribution is 2.41. The number of rotatable bonds is 3. The molecule has 4 aromatic rings. The Morgan fingerprint density at radius 2 is 1.90 bits per heavy atom. The van der Waals surface area contributed by atoms with Crippen LogP contribution in [0.15, 0.2) is 66.7 Å². The Labute approximate surface area is 167 Å². The molecule has 1 aromatic heterocycles. The van der Waals surface area contributed by atoms with Crippen molar-refractivity contribution in [3.05, 3.63) is 89.0 Å². The minimum Gasteiger partial charge on any atom is -0.489 e. The Hall–Kier alpha value is -3.80. The number of H-pyrrole nitrogens is 1. The summed E-state index contributed by atoms with van der Waals surface area (Å²) < 4.78 is 6.03. The molecule has 29 heavy (non-hydrogen) atoms. The zero-order valence-corrected chi connectivity index (χ0v) is 15.8. The molecule has 1 aliphatic heterocycles. The van der Waals surface area contributed by atoms with E-state index >= 15 is 0 Å². The largest absolute Gasteiger partial charge is 0.489 e. The third kappa shape index (κ3) is 2.89. The first-order valence-electron chi connectivity index (χ1n) is 9.37. The van der Waals surface area contributed by atoms with Gasteiger partial charge >= 0.3 is 5.97 Å². The van der Waals surface area contributed by atoms with Crippen LogP contribution in [-0.2, 0) is 6.61 Å². The number of anilines is 1. The molecule has 6 nitrogen and oxygen atoms in total. The van der Waals surface area contributed by atoms with Gasteiger partial charge in [-0.2, -0.15) is 0 Å². The van der Waals surface area contributed by atoms with Gasteiger partial charge < -0.3 is 19.7 Å². The van der Waals surface area contributed by atoms with Crippen molar-refractivity contribution in [1.82, 2.24) is 9.97 Å². The minimum absolute atomic E-state index is 0.231. The van der Waals surface area contributed by atoms with Crippen molar-refractivity contribution < 1.29 is 14.6 Å². The normalized spacial score (nSPS) is 15.1. The van der Waals surface area contributed by atoms with Gasteiger partial charge in [0.1, 0.15) is 12.4 Å². The van der Waals surface area contributed by atoms with Gasteiger partial charge in [0.15, 0.2) is 0 Å². The molecule has 0 fully saturated rings. The van der Waals surface area contributed by atoms with E-state index in [1.165, 1.54) is 0 Å². The topological polar surface area (TPSA) is 78.5 Å². The van der Waals surface area contributed by atoms with E-state index in [0.717, 1.165) is 27.7 Å². The highest BCUT2D eigenvalue weighted by atomic mass is 16.5. The van der Waals surface area contributed by atoms with Gasteiger partial charge in [0, 0.05) is 12.6 Å². The van der Waals surface area contributed by atoms with Crippen LogP contribution in [0.3, 0.4) is 0 Å². The van der Waals surface area contributed by atoms with Crippen LogP contribution in [0.4, 0.5) is 5.95 Å². The van der Waals surface area contributed by atoms with Gasteiger partial charge in [-0.15, -0.1) is 0 Å². The van der Waals surface area contributed by atoms with Crippen LogP contribution in [0.5, 0.6) is 5.75 Å². The maximum absolute atomic E-state index is 11.6. The summed E-state index contributed by atoms with van der Waals surface area (Å²) in [5, 5.41) is 9.52. The fourth-order valence-electron chi connectivity index (χ4n) is 3.93. The number of aromatic carboxylic acids is 1. The fourth-order valence-corrected chi connectivity index (χ4v) is 3.93. The molecule has 6 heteroatoms. The van der Waals surface area contributed by atoms with Gasteiger partial charge in [-0.1, -0.05) is 36.4 Å². The molecule has 0 radical (unpaired) electrons. The third-order valence-corrected chi connectivity index (χ3v) is 5.38. The standard InChI is InChI=1S/C23H19N3O3/c1-26(23-24-18-8-4-5-9-19(18)25-23)21-16-7-3-2-6-15(16)13-29-20-11-10-14(22(27)28)12-17(20)21/h2-12,21H,13H2,1H3,(H,24,25)(H,27,28). The van der Waals surface area contributed by atoms with E-state index in [0.29, 0.717) is 18.3 Å². The summed E-state index contributed by atoms with van der Waals surface area (Å²) in [7, 11) is 1.96. The summed E-state index contributed by atoms with van der Waals surface area (Å²) in [5.41, 5.74) is 5.00. The molecule has 0 spiro atoms. The van der Waals surface area contributed by atoms with Gasteiger partial charge in [-0.3, -0.25) is 0 Å². The second-order valence-electron chi connectivity index (χ2n) is 7.14. The van der Waals surface area contributed by atoms with Crippen molar-refractivity contribution >= 4 is 23.0 Å². The number of nitrogens with zero attached hydrogens (tertiary/aromatic N) is 2. The molecule has 144 valence electrons. The molecule has 1 aliphatic rings. The molecular weight excluding hydrogens is 366 g/mol. The average molecular weight is 385 g/mol. The molecule has 3 aromatic carbocycles. The Kier molecular flexibility index (Phi) is 3.98. The van der Waals surface area contributed by atoms with E-state index in [9.17, 15) is 9.90 Å². The average Bonchev–Trinajstić information content (AvgIpc) is 3.10. The summed E-state index contributed by atoms with van der Waals surface area (Å²) in [4.78, 5) is 21.8. The van der Waals surface area contributed by atoms with Crippen molar-refractivity contribution in [3.8, 4) is 5.75 Å². The molecule has 1 unspecified atom stereocenters. The lowest BCUT2D eigenvalue weighted by Crippen LogP contribution is -2.26. The van der Waals surface area contributed by atoms with Crippen LogP contribution in [0.25, 0.3) is 11.0 Å². The third-order valence-electron chi connectivity index (χ3n) is 5.38. The first-order chi connectivity index (χ1) is 14.1. The first-order valence-corrected chi connectivity index (χ1v) is 9.37. The van der Waals surface area contributed by atoms with Crippen molar-refractivity contribution in [3.63, 3.8) is 0 Å². The molecule has 2 N–H and O–H groups in total. The molecule has 0 amide bonds. The Morgan fingerprint density at radius 3 is 2.72 bits per heavy atom. The lowest BCUT2D eigenvalue weighted by molar-refractivity contribution is 0.0696. The fraction of sp³-hybridized carbons (Fsp3) is 0.130. The van der Waals surface area contributed by atoms with Gasteiger partial charge in [0.2, 0.25) is 5.95 Å². The van der Waals surface area contributed by atoms with E-state index in [1.54, 1.807) is 18.2 Å². The van der Waals surface area contributed by atoms with Crippen LogP contribution in [0, 0.1) is 0 Å². The van der Waals surface area contributed by atoms with Gasteiger partial charge in [-0.05, 0) is 41.5 Å². The zero-order chi connectivity index (χ0) is 20.0. The Balaban J connectivity index is 1.71. The predicted molar refractivity (Wildman–Crippen MR) is 111 cm³/mol. The predicted octanol–water partition coefficient (Wildman–Crippen LogP) is 4.38. The summed E-state index contributed by atoms with van der Waals surface area (Å²) in [6, 6.07) is 20.7. The Bertz CT molecular complexity index is 1200. The number of imidazole rings is 1. The smallest absolute Gasteiger partial charge is 0.335 e. The SMILES string of the molecule is CN(c1nc2ccccc2[nH]1)C1c2ccccc2COc2ccc(C(=O)O)cc21. The number of aromatic nitrogens is 2. The number of hydrogen-bond acceptors (Lipinski definition) is 4. The van der Waals surface area contributed by atoms with Gasteiger partial charge in [-0.25, -0.2) is 9.78 Å². The maximum atomic E-state index is 11.6. The summed E-state index contributed by atoms with van der Waals surface area (Å²) in [6.07, 6.45) is 0. The number of ether oxygens (including phenoxy) is 1. The van der Waals surface area contributed by atoms with Crippen molar-refractivity contribution in [2.75, 3.05) is 11.9 Å². The number of nitrogens with one attached hydrogen (secondary N) is 1. The van der Waals surface area contributed by atoms with E-state index in [2.05, 4.69) is 11.1 Å². The molecule has 0 saturated carbocycles. The molecular formula is C23H19N3O3. The van der Waals surface area contributed by atoms with Crippen LogP contribution >= 0.6 is 0 Å². The number of benzene rings is 3. The summed E-state index contributed by atoms with van der Waals surface area (Å²) in [6.45, 7) is 0.431. The van der Waals surface area contributed by atoms with Crippen LogP contribution in [-0.4, -0.2) is 28.1 Å². The van der Waals surface area contributed by atoms with Crippen molar-refractivity contribution in [1.29, 1.82) is 0 Å². The first kappa shape index (κ1) is 17.3. The molecule has 0 aliphatic carbocycles. The van der Waals surface area contributed by atoms with Crippen LogP contribution in [0.1, 0.15) is 33.1 Å². The van der Waals surface area contributed by atoms with E-state index in [-0.39, 0.29) is 11.6 Å². The summed E-state index contributed by atoms with van der Waals surface area (Å²) >= 11 is 0. The van der Waals surface area contributed by atoms with Crippen LogP contribution in [0.2, 0.25) is 0 Å². The molecule has 2 heterocycles. The molecule has 0 bridgehead atoms. The van der Waals surface area contributed by atoms with Crippen LogP contribution < -0.4 is 9.64 Å². The van der Waals surface area contributed by atoms with Gasteiger partial charge in [0.05, 0.1) is 22.6 Å². The number of carboxylic acids is 1. The zero-order valence-electron chi connectivity index (χ0n) is 15.8. The molecule has 1 atom stereocenters. The maximum Gasteiger partial charge on any atom is 0.335 e. The van der Waals surface area contributed by atoms with Gasteiger partial charge in [0.25, 0.3) is 0 Å². The number of carboxylic acid groups (broad SMARTS) is 1. The van der Waals surface area contributed by atoms with Crippen molar-refractivity contribution in [2.24, 2.45) is 0 Å². The number of aromatic amines is 1. The van der Waals surface area contributed by atoms with E-state index in [1.807, 2.05) is 54.4 Å². The lowest BCUT2D eigenvalue weighted by atomic mass is 9.93. The lowest BCUT2D eigenvalue weighted by Gasteiger charge is -2.29. The number of carbonyl (C=O) groups is 1. The summed E-state index contributed by atoms with van der Waals surface area (Å²) in [5.74, 6) is 0.425. The van der Waals surface area contributed by atoms with E-state index in [4.69, 9.17) is 9.72 Å². The second-order valence-corrected chi connectivity index (χ2v) is 7.14. The quantitative estimate of drug-likeness (QED) is 0.547. The monoisotopic (exact) mass is 385 g/mol. The number of hydrogen-bond donors (Lipinski definition) is 2. The number of para-hydroxylation sites is 2. The highest BCUT2D eigenvalue weighted by molar-refractivity contribution is 5.88. The minimum atomic E-state index is -0.963. The molecule has 0 saturated heterocycles. The Morgan fingerprint density at radius 1 is 1.10 bits per heavy atom. The van der Waals surface area contributed by atoms with E-state index < -0.39 is 5.97 Å². The number of fused-ring (bicyclic) bond motifs is 3. The second kappa shape index (κ2) is 6.67. The van der Waals surface area contributed by atoms with Crippen molar-refractivity contribution in [2.45, 2.75) is 12.6 Å². The molecule has 5 rings (SSSR count). The highest BCUT2D eigenvalue weighted by Gasteiger charge is 2.30.